The molecule has 0 unspecified atom stereocenters. The number of nitro groups is 1. The molecule has 0 saturated heterocycles. The van der Waals surface area contributed by atoms with Gasteiger partial charge < -0.3 is 10.2 Å². The molecule has 0 saturated carbocycles. The summed E-state index contributed by atoms with van der Waals surface area (Å²) in [5.41, 5.74) is 1.27. The van der Waals surface area contributed by atoms with Crippen molar-refractivity contribution in [2.75, 3.05) is 29.9 Å². The van der Waals surface area contributed by atoms with Crippen molar-refractivity contribution < 1.29 is 19.3 Å². The minimum atomic E-state index is -0.708. The summed E-state index contributed by atoms with van der Waals surface area (Å²) in [6.07, 6.45) is 1.29. The summed E-state index contributed by atoms with van der Waals surface area (Å²) >= 11 is 0. The number of anilines is 2. The second kappa shape index (κ2) is 13.1. The lowest BCUT2D eigenvalue weighted by Crippen LogP contribution is -2.31. The Morgan fingerprint density at radius 1 is 1.00 bits per heavy atom. The van der Waals surface area contributed by atoms with Crippen molar-refractivity contribution in [2.24, 2.45) is 10.2 Å². The van der Waals surface area contributed by atoms with Crippen LogP contribution in [0.4, 0.5) is 28.4 Å². The molecule has 1 aliphatic rings. The molecule has 3 aromatic carbocycles. The van der Waals surface area contributed by atoms with Crippen molar-refractivity contribution in [1.29, 1.82) is 10.5 Å². The van der Waals surface area contributed by atoms with Crippen LogP contribution in [0.5, 0.6) is 0 Å². The molecule has 1 aliphatic heterocycles. The van der Waals surface area contributed by atoms with Gasteiger partial charge in [-0.05, 0) is 50.1 Å². The molecule has 216 valence electrons. The van der Waals surface area contributed by atoms with Gasteiger partial charge >= 0.3 is 0 Å². The van der Waals surface area contributed by atoms with E-state index in [4.69, 9.17) is 0 Å². The lowest BCUT2D eigenvalue weighted by atomic mass is 10.1. The smallest absolute Gasteiger partial charge is 0.272 e. The highest BCUT2D eigenvalue weighted by Crippen LogP contribution is 2.35. The Bertz CT molecular complexity index is 1670. The van der Waals surface area contributed by atoms with E-state index in [0.29, 0.717) is 49.3 Å². The van der Waals surface area contributed by atoms with Gasteiger partial charge in [-0.25, -0.2) is 0 Å². The quantitative estimate of drug-likeness (QED) is 0.0999. The molecule has 0 aromatic heterocycles. The van der Waals surface area contributed by atoms with Crippen molar-refractivity contribution in [2.45, 2.75) is 26.7 Å². The highest BCUT2D eigenvalue weighted by atomic mass is 16.6. The third-order valence-electron chi connectivity index (χ3n) is 6.78. The van der Waals surface area contributed by atoms with Crippen LogP contribution >= 0.6 is 0 Å². The summed E-state index contributed by atoms with van der Waals surface area (Å²) in [4.78, 5) is 51.0. The van der Waals surface area contributed by atoms with Crippen LogP contribution in [0.15, 0.2) is 64.8 Å². The number of imide groups is 1. The van der Waals surface area contributed by atoms with Crippen LogP contribution in [0.1, 0.15) is 58.5 Å². The van der Waals surface area contributed by atoms with Gasteiger partial charge in [0.15, 0.2) is 0 Å². The third-order valence-corrected chi connectivity index (χ3v) is 6.78. The van der Waals surface area contributed by atoms with Crippen molar-refractivity contribution in [1.82, 2.24) is 4.90 Å². The minimum Gasteiger partial charge on any atom is -0.372 e. The second-order valence-corrected chi connectivity index (χ2v) is 9.55. The molecule has 13 nitrogen and oxygen atoms in total. The average molecular weight is 579 g/mol. The first-order valence-electron chi connectivity index (χ1n) is 13.3. The zero-order valence-electron chi connectivity index (χ0n) is 23.4. The number of azo groups is 1. The summed E-state index contributed by atoms with van der Waals surface area (Å²) in [5, 5.41) is 41.0. The van der Waals surface area contributed by atoms with Crippen LogP contribution < -0.4 is 10.2 Å². The topological polar surface area (TPSA) is 185 Å². The van der Waals surface area contributed by atoms with Crippen molar-refractivity contribution in [3.63, 3.8) is 0 Å². The van der Waals surface area contributed by atoms with Gasteiger partial charge in [-0.15, -0.1) is 10.2 Å². The summed E-state index contributed by atoms with van der Waals surface area (Å²) in [6.45, 7) is 4.85. The summed E-state index contributed by atoms with van der Waals surface area (Å²) in [7, 11) is 0. The van der Waals surface area contributed by atoms with Crippen molar-refractivity contribution in [3.05, 3.63) is 87.0 Å². The van der Waals surface area contributed by atoms with Gasteiger partial charge in [-0.1, -0.05) is 12.1 Å². The highest BCUT2D eigenvalue weighted by molar-refractivity contribution is 6.21. The molecule has 3 aromatic rings. The van der Waals surface area contributed by atoms with E-state index >= 15 is 0 Å². The Labute approximate surface area is 246 Å². The maximum atomic E-state index is 12.6. The van der Waals surface area contributed by atoms with Crippen LogP contribution in [0.2, 0.25) is 0 Å². The molecule has 1 heterocycles. The molecule has 4 rings (SSSR count). The van der Waals surface area contributed by atoms with Gasteiger partial charge in [0.25, 0.3) is 17.5 Å². The van der Waals surface area contributed by atoms with E-state index in [0.717, 1.165) is 17.8 Å². The maximum Gasteiger partial charge on any atom is 0.272 e. The van der Waals surface area contributed by atoms with Crippen LogP contribution in [-0.4, -0.2) is 47.2 Å². The lowest BCUT2D eigenvalue weighted by Gasteiger charge is -2.24. The number of nitro benzene ring substituents is 1. The molecule has 0 bridgehead atoms. The number of carbonyl (C=O) groups excluding carboxylic acids is 3. The molecule has 0 atom stereocenters. The van der Waals surface area contributed by atoms with Gasteiger partial charge in [0.1, 0.15) is 23.5 Å². The Balaban J connectivity index is 1.49. The fourth-order valence-electron chi connectivity index (χ4n) is 4.69. The molecular weight excluding hydrogens is 552 g/mol. The summed E-state index contributed by atoms with van der Waals surface area (Å²) in [5.74, 6) is -0.923. The second-order valence-electron chi connectivity index (χ2n) is 9.55. The predicted octanol–water partition coefficient (Wildman–Crippen LogP) is 5.61. The minimum absolute atomic E-state index is 0.123. The Kier molecular flexibility index (Phi) is 9.17. The van der Waals surface area contributed by atoms with E-state index in [2.05, 4.69) is 20.4 Å². The largest absolute Gasteiger partial charge is 0.372 e. The molecule has 0 spiro atoms. The van der Waals surface area contributed by atoms with Crippen molar-refractivity contribution >= 4 is 46.2 Å². The van der Waals surface area contributed by atoms with E-state index in [1.54, 1.807) is 54.6 Å². The Hall–Kier alpha value is -5.95. The Morgan fingerprint density at radius 3 is 2.16 bits per heavy atom. The van der Waals surface area contributed by atoms with Crippen molar-refractivity contribution in [3.8, 4) is 12.1 Å². The molecule has 1 N–H and O–H groups in total. The van der Waals surface area contributed by atoms with Crippen LogP contribution in [-0.2, 0) is 4.79 Å². The fraction of sp³-hybridized carbons (Fsp3) is 0.233. The van der Waals surface area contributed by atoms with E-state index in [1.165, 1.54) is 11.8 Å². The monoisotopic (exact) mass is 578 g/mol. The highest BCUT2D eigenvalue weighted by Gasteiger charge is 2.34. The standard InChI is InChI=1S/C30H26N8O5/c1-3-36(12-6-7-13-37-29(40)24-8-4-5-9-25(24)30(37)41)22-10-11-26(27(16-22)33-19(2)39)34-35-28-20(17-31)14-23(38(42)43)15-21(28)18-32/h4-5,8-11,14-16H,3,6-7,12-13H2,1-2H3,(H,33,39). The number of rotatable bonds is 11. The van der Waals surface area contributed by atoms with E-state index < -0.39 is 10.6 Å². The zero-order valence-corrected chi connectivity index (χ0v) is 23.4. The molecule has 0 aliphatic carbocycles. The molecule has 13 heteroatoms. The SMILES string of the molecule is CCN(CCCCN1C(=O)c2ccccc2C1=O)c1ccc(N=Nc2c(C#N)cc([N+](=O)[O-])cc2C#N)c(NC(C)=O)c1. The lowest BCUT2D eigenvalue weighted by molar-refractivity contribution is -0.384. The van der Waals surface area contributed by atoms with E-state index in [1.807, 2.05) is 6.92 Å². The fourth-order valence-corrected chi connectivity index (χ4v) is 4.69. The zero-order chi connectivity index (χ0) is 31.1. The molecule has 0 radical (unpaired) electrons. The number of non-ortho nitro benzene ring substituents is 1. The first-order valence-corrected chi connectivity index (χ1v) is 13.3. The molecule has 0 fully saturated rings. The maximum absolute atomic E-state index is 12.6. The van der Waals surface area contributed by atoms with E-state index in [-0.39, 0.29) is 40.2 Å². The first-order chi connectivity index (χ1) is 20.7. The normalized spacial score (nSPS) is 12.1. The van der Waals surface area contributed by atoms with Crippen LogP contribution in [0.3, 0.4) is 0 Å². The number of nitrogens with one attached hydrogen (secondary N) is 1. The number of hydrogen-bond acceptors (Lipinski definition) is 10. The summed E-state index contributed by atoms with van der Waals surface area (Å²) < 4.78 is 0. The molecular formula is C30H26N8O5. The first kappa shape index (κ1) is 30.0. The van der Waals surface area contributed by atoms with E-state index in [9.17, 15) is 35.0 Å². The van der Waals surface area contributed by atoms with Gasteiger partial charge in [0.2, 0.25) is 5.91 Å². The number of benzene rings is 3. The number of unbranched alkanes of at least 4 members (excludes halogenated alkanes) is 1. The Morgan fingerprint density at radius 2 is 1.63 bits per heavy atom. The molecule has 3 amide bonds. The van der Waals surface area contributed by atoms with Gasteiger partial charge in [-0.2, -0.15) is 10.5 Å². The number of nitriles is 2. The third kappa shape index (κ3) is 6.52. The van der Waals surface area contributed by atoms with Gasteiger partial charge in [-0.3, -0.25) is 29.4 Å². The van der Waals surface area contributed by atoms with Crippen LogP contribution in [0.25, 0.3) is 0 Å². The number of nitrogens with zero attached hydrogens (tertiary/aromatic N) is 7. The number of carbonyl (C=O) groups is 3. The van der Waals surface area contributed by atoms with Crippen LogP contribution in [0, 0.1) is 32.8 Å². The number of hydrogen-bond donors (Lipinski definition) is 1. The number of fused-ring (bicyclic) bond motifs is 1. The predicted molar refractivity (Wildman–Crippen MR) is 156 cm³/mol. The van der Waals surface area contributed by atoms with Gasteiger partial charge in [0.05, 0.1) is 32.9 Å². The number of amides is 3. The average Bonchev–Trinajstić information content (AvgIpc) is 3.24. The van der Waals surface area contributed by atoms with Gasteiger partial charge in [0, 0.05) is 44.4 Å². The molecule has 43 heavy (non-hydrogen) atoms. The summed E-state index contributed by atoms with van der Waals surface area (Å²) in [6, 6.07) is 17.5.